The first kappa shape index (κ1) is 37.8. The molecule has 1 fully saturated rings. The Labute approximate surface area is 298 Å². The third-order valence-electron chi connectivity index (χ3n) is 8.73. The Kier molecular flexibility index (Phi) is 12.1. The zero-order valence-corrected chi connectivity index (χ0v) is 29.3. The van der Waals surface area contributed by atoms with Gasteiger partial charge in [0.05, 0.1) is 24.7 Å². The van der Waals surface area contributed by atoms with E-state index in [0.29, 0.717) is 40.5 Å². The minimum absolute atomic E-state index is 0.0382. The number of alkyl carbamates (subject to hydrolysis) is 1. The topological polar surface area (TPSA) is 151 Å². The number of nitrogen functional groups attached to an aromatic ring is 1. The van der Waals surface area contributed by atoms with Crippen molar-refractivity contribution in [2.45, 2.75) is 54.4 Å². The Morgan fingerprint density at radius 1 is 0.922 bits per heavy atom. The van der Waals surface area contributed by atoms with Crippen molar-refractivity contribution in [3.63, 3.8) is 0 Å². The molecule has 0 radical (unpaired) electrons. The summed E-state index contributed by atoms with van der Waals surface area (Å²) in [6.45, 7) is -0.667. The molecule has 1 saturated carbocycles. The molecule has 5 rings (SSSR count). The fourth-order valence-corrected chi connectivity index (χ4v) is 8.76. The van der Waals surface area contributed by atoms with Crippen LogP contribution in [0.5, 0.6) is 0 Å². The third kappa shape index (κ3) is 9.27. The summed E-state index contributed by atoms with van der Waals surface area (Å²) >= 11 is 0.633. The molecule has 0 unspecified atom stereocenters. The maximum atomic E-state index is 14.8. The number of anilines is 1. The number of alkyl halides is 3. The molecule has 0 spiro atoms. The fraction of sp³-hybridized carbons (Fsp3) is 0.333. The summed E-state index contributed by atoms with van der Waals surface area (Å²) in [7, 11) is -3.13. The van der Waals surface area contributed by atoms with E-state index in [4.69, 9.17) is 10.5 Å². The number of hydrogen-bond acceptors (Lipinski definition) is 8. The summed E-state index contributed by atoms with van der Waals surface area (Å²) in [6, 6.07) is 19.9. The van der Waals surface area contributed by atoms with Gasteiger partial charge < -0.3 is 26.2 Å². The van der Waals surface area contributed by atoms with Gasteiger partial charge >= 0.3 is 12.3 Å². The standard InChI is InChI=1S/C36H39F3N4O6S2/c1-49-35(46)41-32(31(24-8-4-2-5-9-24)25-10-6-3-7-11-25)34(45)42-33(36(37,38)39)30-19-18-29(50-30)28(22-44)43(21-20-23-12-13-23)51(47,48)27-16-14-26(40)15-17-27/h2-11,14-19,23,28,31-33,44H,12-13,20-22,40H2,1H3,(H,41,46)(H,42,45)/t28-,32+,33-/m1/s1. The molecule has 3 atom stereocenters. The van der Waals surface area contributed by atoms with Gasteiger partial charge in [0, 0.05) is 27.9 Å². The summed E-state index contributed by atoms with van der Waals surface area (Å²) in [4.78, 5) is 26.2. The number of thiophene rings is 1. The van der Waals surface area contributed by atoms with Gasteiger partial charge in [-0.25, -0.2) is 13.2 Å². The average molecular weight is 745 g/mol. The Bertz CT molecular complexity index is 1830. The number of rotatable bonds is 15. The molecule has 15 heteroatoms. The minimum Gasteiger partial charge on any atom is -0.453 e. The molecule has 1 heterocycles. The highest BCUT2D eigenvalue weighted by atomic mass is 32.2. The molecule has 51 heavy (non-hydrogen) atoms. The van der Waals surface area contributed by atoms with E-state index in [0.717, 1.165) is 30.3 Å². The van der Waals surface area contributed by atoms with E-state index in [2.05, 4.69) is 10.6 Å². The number of carbonyl (C=O) groups excluding carboxylic acids is 2. The number of ether oxygens (including phenoxy) is 1. The smallest absolute Gasteiger partial charge is 0.413 e. The van der Waals surface area contributed by atoms with Crippen LogP contribution in [0.1, 0.15) is 58.1 Å². The Morgan fingerprint density at radius 2 is 1.49 bits per heavy atom. The van der Waals surface area contributed by atoms with Crippen LogP contribution in [0.4, 0.5) is 23.7 Å². The number of aliphatic hydroxyl groups excluding tert-OH is 1. The van der Waals surface area contributed by atoms with Crippen molar-refractivity contribution in [1.82, 2.24) is 14.9 Å². The van der Waals surface area contributed by atoms with E-state index < -0.39 is 58.9 Å². The normalized spacial score (nSPS) is 15.3. The largest absolute Gasteiger partial charge is 0.453 e. The highest BCUT2D eigenvalue weighted by Gasteiger charge is 2.46. The maximum absolute atomic E-state index is 14.8. The number of sulfonamides is 1. The van der Waals surface area contributed by atoms with Crippen LogP contribution in [-0.2, 0) is 19.6 Å². The van der Waals surface area contributed by atoms with Crippen LogP contribution in [0.15, 0.2) is 102 Å². The highest BCUT2D eigenvalue weighted by molar-refractivity contribution is 7.89. The first-order valence-corrected chi connectivity index (χ1v) is 18.5. The summed E-state index contributed by atoms with van der Waals surface area (Å²) in [6.07, 6.45) is -3.62. The molecule has 5 N–H and O–H groups in total. The predicted molar refractivity (Wildman–Crippen MR) is 187 cm³/mol. The van der Waals surface area contributed by atoms with Gasteiger partial charge in [0.15, 0.2) is 6.04 Å². The molecule has 0 saturated heterocycles. The van der Waals surface area contributed by atoms with Crippen LogP contribution >= 0.6 is 11.3 Å². The Balaban J connectivity index is 1.49. The molecule has 0 aliphatic heterocycles. The number of carbonyl (C=O) groups is 2. The first-order valence-electron chi connectivity index (χ1n) is 16.2. The highest BCUT2D eigenvalue weighted by Crippen LogP contribution is 2.41. The predicted octanol–water partition coefficient (Wildman–Crippen LogP) is 6.13. The van der Waals surface area contributed by atoms with Crippen molar-refractivity contribution in [2.24, 2.45) is 5.92 Å². The summed E-state index contributed by atoms with van der Waals surface area (Å²) < 4.78 is 78.1. The SMILES string of the molecule is COC(=O)N[C@H](C(=O)N[C@H](c1ccc([C@@H](CO)N(CCC2CC2)S(=O)(=O)c2ccc(N)cc2)s1)C(F)(F)F)C(c1ccccc1)c1ccccc1. The van der Waals surface area contributed by atoms with E-state index in [1.54, 1.807) is 60.7 Å². The molecule has 1 aliphatic carbocycles. The number of nitrogens with one attached hydrogen (secondary N) is 2. The van der Waals surface area contributed by atoms with Crippen molar-refractivity contribution < 1.29 is 41.0 Å². The van der Waals surface area contributed by atoms with Gasteiger partial charge in [0.1, 0.15) is 6.04 Å². The van der Waals surface area contributed by atoms with E-state index >= 15 is 0 Å². The number of benzene rings is 3. The zero-order chi connectivity index (χ0) is 36.8. The maximum Gasteiger partial charge on any atom is 0.413 e. The minimum atomic E-state index is -5.00. The third-order valence-corrected chi connectivity index (χ3v) is 11.9. The van der Waals surface area contributed by atoms with Gasteiger partial charge in [0.2, 0.25) is 15.9 Å². The Morgan fingerprint density at radius 3 is 2.00 bits per heavy atom. The van der Waals surface area contributed by atoms with Crippen LogP contribution in [0.2, 0.25) is 0 Å². The number of methoxy groups -OCH3 is 1. The molecule has 0 bridgehead atoms. The van der Waals surface area contributed by atoms with Crippen LogP contribution in [0.3, 0.4) is 0 Å². The fourth-order valence-electron chi connectivity index (χ4n) is 5.89. The van der Waals surface area contributed by atoms with Crippen LogP contribution in [0.25, 0.3) is 0 Å². The lowest BCUT2D eigenvalue weighted by molar-refractivity contribution is -0.163. The zero-order valence-electron chi connectivity index (χ0n) is 27.6. The first-order chi connectivity index (χ1) is 24.3. The van der Waals surface area contributed by atoms with Gasteiger partial charge in [-0.3, -0.25) is 4.79 Å². The number of aliphatic hydroxyl groups is 1. The number of amides is 2. The van der Waals surface area contributed by atoms with Crippen LogP contribution < -0.4 is 16.4 Å². The van der Waals surface area contributed by atoms with E-state index in [1.807, 2.05) is 0 Å². The quantitative estimate of drug-likeness (QED) is 0.107. The summed E-state index contributed by atoms with van der Waals surface area (Å²) in [5.74, 6) is -1.72. The summed E-state index contributed by atoms with van der Waals surface area (Å²) in [5.41, 5.74) is 7.22. The van der Waals surface area contributed by atoms with Gasteiger partial charge in [-0.05, 0) is 59.9 Å². The molecule has 1 aliphatic rings. The molecule has 4 aromatic rings. The molecule has 10 nitrogen and oxygen atoms in total. The lowest BCUT2D eigenvalue weighted by Gasteiger charge is -2.30. The monoisotopic (exact) mass is 744 g/mol. The lowest BCUT2D eigenvalue weighted by Crippen LogP contribution is -2.52. The molecular weight excluding hydrogens is 706 g/mol. The second-order valence-corrected chi connectivity index (χ2v) is 15.3. The average Bonchev–Trinajstić information content (AvgIpc) is 3.83. The van der Waals surface area contributed by atoms with E-state index in [1.165, 1.54) is 30.3 Å². The molecule has 1 aromatic heterocycles. The Hall–Kier alpha value is -4.44. The van der Waals surface area contributed by atoms with Gasteiger partial charge in [-0.2, -0.15) is 17.5 Å². The number of halogens is 3. The van der Waals surface area contributed by atoms with Crippen molar-refractivity contribution in [1.29, 1.82) is 0 Å². The number of nitrogens with two attached hydrogens (primary N) is 1. The van der Waals surface area contributed by atoms with Gasteiger partial charge in [-0.15, -0.1) is 11.3 Å². The van der Waals surface area contributed by atoms with Crippen molar-refractivity contribution in [3.05, 3.63) is 118 Å². The second kappa shape index (κ2) is 16.3. The van der Waals surface area contributed by atoms with Crippen molar-refractivity contribution in [3.8, 4) is 0 Å². The van der Waals surface area contributed by atoms with E-state index in [-0.39, 0.29) is 21.2 Å². The van der Waals surface area contributed by atoms with Crippen molar-refractivity contribution in [2.75, 3.05) is 26.0 Å². The van der Waals surface area contributed by atoms with E-state index in [9.17, 15) is 36.3 Å². The molecule has 272 valence electrons. The van der Waals surface area contributed by atoms with Gasteiger partial charge in [-0.1, -0.05) is 73.5 Å². The number of nitrogens with zero attached hydrogens (tertiary/aromatic N) is 1. The molecule has 3 aromatic carbocycles. The lowest BCUT2D eigenvalue weighted by atomic mass is 9.84. The summed E-state index contributed by atoms with van der Waals surface area (Å²) in [5, 5.41) is 15.1. The van der Waals surface area contributed by atoms with Crippen molar-refractivity contribution >= 4 is 39.0 Å². The molecule has 2 amide bonds. The molecular formula is C36H39F3N4O6S2. The van der Waals surface area contributed by atoms with Gasteiger partial charge in [0.25, 0.3) is 0 Å². The van der Waals surface area contributed by atoms with Crippen LogP contribution in [-0.4, -0.2) is 62.3 Å². The van der Waals surface area contributed by atoms with Crippen LogP contribution in [0, 0.1) is 5.92 Å². The number of hydrogen-bond donors (Lipinski definition) is 4. The second-order valence-electron chi connectivity index (χ2n) is 12.3.